The number of sulfonamides is 1. The summed E-state index contributed by atoms with van der Waals surface area (Å²) in [4.78, 5) is 29.0. The van der Waals surface area contributed by atoms with Crippen LogP contribution in [0.5, 0.6) is 5.75 Å². The third-order valence-corrected chi connectivity index (χ3v) is 9.30. The molecule has 218 valence electrons. The average Bonchev–Trinajstić information content (AvgIpc) is 3.55. The van der Waals surface area contributed by atoms with Gasteiger partial charge in [-0.1, -0.05) is 54.6 Å². The number of methoxy groups -OCH3 is 1. The molecule has 0 bridgehead atoms. The smallest absolute Gasteiger partial charge is 0.243 e. The second-order valence-electron chi connectivity index (χ2n) is 10.2. The molecule has 1 fully saturated rings. The second-order valence-corrected chi connectivity index (χ2v) is 12.2. The van der Waals surface area contributed by atoms with Crippen LogP contribution >= 0.6 is 0 Å². The zero-order valence-electron chi connectivity index (χ0n) is 23.8. The molecule has 1 aliphatic heterocycles. The minimum atomic E-state index is -3.49. The molecule has 0 aliphatic carbocycles. The molecule has 0 spiro atoms. The lowest BCUT2D eigenvalue weighted by Gasteiger charge is -2.31. The molecule has 9 heteroatoms. The maximum absolute atomic E-state index is 13.8. The molecular weight excluding hydrogens is 538 g/mol. The number of aryl methyl sites for hydroxylation is 1. The van der Waals surface area contributed by atoms with Gasteiger partial charge in [0.05, 0.1) is 12.0 Å². The molecule has 41 heavy (non-hydrogen) atoms. The van der Waals surface area contributed by atoms with Gasteiger partial charge in [-0.2, -0.15) is 4.31 Å². The van der Waals surface area contributed by atoms with Gasteiger partial charge < -0.3 is 15.0 Å². The Kier molecular flexibility index (Phi) is 10.5. The van der Waals surface area contributed by atoms with Crippen LogP contribution in [0, 0.1) is 0 Å². The number of nitrogens with zero attached hydrogens (tertiary/aromatic N) is 2. The molecule has 1 atom stereocenters. The van der Waals surface area contributed by atoms with Crippen molar-refractivity contribution in [2.24, 2.45) is 0 Å². The van der Waals surface area contributed by atoms with Gasteiger partial charge >= 0.3 is 0 Å². The van der Waals surface area contributed by atoms with Crippen molar-refractivity contribution < 1.29 is 22.7 Å². The Morgan fingerprint density at radius 3 is 2.15 bits per heavy atom. The lowest BCUT2D eigenvalue weighted by molar-refractivity contribution is -0.141. The number of benzene rings is 3. The Bertz CT molecular complexity index is 1390. The molecule has 0 aromatic heterocycles. The zero-order chi connectivity index (χ0) is 29.2. The summed E-state index contributed by atoms with van der Waals surface area (Å²) in [5, 5.41) is 2.91. The van der Waals surface area contributed by atoms with E-state index in [2.05, 4.69) is 5.32 Å². The first kappa shape index (κ1) is 30.3. The molecule has 0 unspecified atom stereocenters. The van der Waals surface area contributed by atoms with E-state index in [-0.39, 0.29) is 29.7 Å². The van der Waals surface area contributed by atoms with Crippen LogP contribution in [-0.2, 0) is 39.0 Å². The van der Waals surface area contributed by atoms with E-state index < -0.39 is 16.1 Å². The normalized spacial score (nSPS) is 14.4. The lowest BCUT2D eigenvalue weighted by atomic mass is 10.0. The van der Waals surface area contributed by atoms with Crippen LogP contribution in [-0.4, -0.2) is 62.2 Å². The maximum atomic E-state index is 13.8. The summed E-state index contributed by atoms with van der Waals surface area (Å²) in [6, 6.07) is 23.3. The molecule has 1 saturated heterocycles. The Hall–Kier alpha value is -3.69. The van der Waals surface area contributed by atoms with E-state index in [0.29, 0.717) is 38.2 Å². The van der Waals surface area contributed by atoms with Crippen LogP contribution in [0.25, 0.3) is 0 Å². The van der Waals surface area contributed by atoms with E-state index in [1.807, 2.05) is 61.5 Å². The number of nitrogens with one attached hydrogen (secondary N) is 1. The fraction of sp³-hybridized carbons (Fsp3) is 0.375. The number of amides is 2. The first-order valence-corrected chi connectivity index (χ1v) is 15.6. The Morgan fingerprint density at radius 1 is 0.902 bits per heavy atom. The Labute approximate surface area is 243 Å². The van der Waals surface area contributed by atoms with E-state index in [0.717, 1.165) is 29.5 Å². The zero-order valence-corrected chi connectivity index (χ0v) is 24.6. The van der Waals surface area contributed by atoms with Gasteiger partial charge in [0, 0.05) is 39.0 Å². The molecule has 4 rings (SSSR count). The molecule has 1 heterocycles. The molecule has 1 aliphatic rings. The van der Waals surface area contributed by atoms with E-state index in [9.17, 15) is 18.0 Å². The van der Waals surface area contributed by atoms with Gasteiger partial charge in [0.2, 0.25) is 21.8 Å². The Morgan fingerprint density at radius 2 is 1.54 bits per heavy atom. The van der Waals surface area contributed by atoms with E-state index >= 15 is 0 Å². The van der Waals surface area contributed by atoms with Crippen LogP contribution in [0.2, 0.25) is 0 Å². The highest BCUT2D eigenvalue weighted by Crippen LogP contribution is 2.22. The van der Waals surface area contributed by atoms with Gasteiger partial charge in [0.1, 0.15) is 11.8 Å². The summed E-state index contributed by atoms with van der Waals surface area (Å²) < 4.78 is 32.6. The highest BCUT2D eigenvalue weighted by Gasteiger charge is 2.30. The third kappa shape index (κ3) is 7.95. The SMILES string of the molecule is CCNC(=O)[C@H](Cc1ccccc1)N(Cc1ccc(OC)cc1)C(=O)CCc1ccc(S(=O)(=O)N2CCCC2)cc1. The van der Waals surface area contributed by atoms with Crippen LogP contribution in [0.4, 0.5) is 0 Å². The van der Waals surface area contributed by atoms with Crippen LogP contribution in [0.3, 0.4) is 0 Å². The molecule has 3 aromatic rings. The number of carbonyl (C=O) groups excluding carboxylic acids is 2. The number of carbonyl (C=O) groups is 2. The molecule has 3 aromatic carbocycles. The van der Waals surface area contributed by atoms with Gasteiger partial charge in [-0.05, 0) is 67.1 Å². The Balaban J connectivity index is 1.54. The second kappa shape index (κ2) is 14.3. The predicted octanol–water partition coefficient (Wildman–Crippen LogP) is 4.19. The fourth-order valence-electron chi connectivity index (χ4n) is 5.07. The minimum absolute atomic E-state index is 0.151. The summed E-state index contributed by atoms with van der Waals surface area (Å²) in [6.45, 7) is 3.70. The van der Waals surface area contributed by atoms with Gasteiger partial charge in [-0.15, -0.1) is 0 Å². The van der Waals surface area contributed by atoms with Crippen molar-refractivity contribution in [2.75, 3.05) is 26.7 Å². The number of hydrogen-bond donors (Lipinski definition) is 1. The predicted molar refractivity (Wildman–Crippen MR) is 159 cm³/mol. The minimum Gasteiger partial charge on any atom is -0.497 e. The summed E-state index contributed by atoms with van der Waals surface area (Å²) in [5.41, 5.74) is 2.71. The van der Waals surface area contributed by atoms with E-state index in [4.69, 9.17) is 4.74 Å². The number of rotatable bonds is 13. The van der Waals surface area contributed by atoms with Crippen molar-refractivity contribution in [2.45, 2.75) is 56.5 Å². The summed E-state index contributed by atoms with van der Waals surface area (Å²) in [7, 11) is -1.89. The van der Waals surface area contributed by atoms with Crippen molar-refractivity contribution >= 4 is 21.8 Å². The molecule has 0 saturated carbocycles. The van der Waals surface area contributed by atoms with Crippen molar-refractivity contribution in [3.63, 3.8) is 0 Å². The van der Waals surface area contributed by atoms with Gasteiger partial charge in [0.25, 0.3) is 0 Å². The van der Waals surface area contributed by atoms with E-state index in [1.165, 1.54) is 4.31 Å². The summed E-state index contributed by atoms with van der Waals surface area (Å²) >= 11 is 0. The first-order valence-electron chi connectivity index (χ1n) is 14.1. The van der Waals surface area contributed by atoms with Crippen molar-refractivity contribution in [3.8, 4) is 5.75 Å². The molecule has 0 radical (unpaired) electrons. The van der Waals surface area contributed by atoms with Crippen LogP contribution in [0.1, 0.15) is 42.9 Å². The molecule has 1 N–H and O–H groups in total. The molecule has 2 amide bonds. The van der Waals surface area contributed by atoms with Crippen LogP contribution in [0.15, 0.2) is 83.8 Å². The average molecular weight is 578 g/mol. The van der Waals surface area contributed by atoms with Crippen molar-refractivity contribution in [1.29, 1.82) is 0 Å². The van der Waals surface area contributed by atoms with Gasteiger partial charge in [-0.25, -0.2) is 8.42 Å². The van der Waals surface area contributed by atoms with Crippen molar-refractivity contribution in [3.05, 3.63) is 95.6 Å². The van der Waals surface area contributed by atoms with Gasteiger partial charge in [-0.3, -0.25) is 9.59 Å². The number of likely N-dealkylation sites (N-methyl/N-ethyl adjacent to an activating group) is 1. The molecular formula is C32H39N3O5S. The van der Waals surface area contributed by atoms with E-state index in [1.54, 1.807) is 36.3 Å². The van der Waals surface area contributed by atoms with Crippen LogP contribution < -0.4 is 10.1 Å². The third-order valence-electron chi connectivity index (χ3n) is 7.39. The number of ether oxygens (including phenoxy) is 1. The standard InChI is InChI=1S/C32H39N3O5S/c1-3-33-32(37)30(23-26-9-5-4-6-10-26)35(24-27-11-16-28(40-2)17-12-27)31(36)20-15-25-13-18-29(19-14-25)41(38,39)34-21-7-8-22-34/h4-6,9-14,16-19,30H,3,7-8,15,20-24H2,1-2H3,(H,33,37)/t30-/m0/s1. The van der Waals surface area contributed by atoms with Gasteiger partial charge in [0.15, 0.2) is 0 Å². The quantitative estimate of drug-likeness (QED) is 0.329. The summed E-state index contributed by atoms with van der Waals surface area (Å²) in [6.07, 6.45) is 2.76. The summed E-state index contributed by atoms with van der Waals surface area (Å²) in [5.74, 6) is 0.364. The topological polar surface area (TPSA) is 96.0 Å². The maximum Gasteiger partial charge on any atom is 0.243 e. The largest absolute Gasteiger partial charge is 0.497 e. The highest BCUT2D eigenvalue weighted by atomic mass is 32.2. The fourth-order valence-corrected chi connectivity index (χ4v) is 6.59. The number of hydrogen-bond acceptors (Lipinski definition) is 5. The molecule has 8 nitrogen and oxygen atoms in total. The lowest BCUT2D eigenvalue weighted by Crippen LogP contribution is -2.50. The monoisotopic (exact) mass is 577 g/mol. The highest BCUT2D eigenvalue weighted by molar-refractivity contribution is 7.89. The first-order chi connectivity index (χ1) is 19.8. The van der Waals surface area contributed by atoms with Crippen molar-refractivity contribution in [1.82, 2.24) is 14.5 Å².